The second-order valence-corrected chi connectivity index (χ2v) is 9.96. The van der Waals surface area contributed by atoms with Crippen molar-refractivity contribution in [1.82, 2.24) is 9.71 Å². The molecule has 8 heteroatoms. The molecule has 0 saturated carbocycles. The molecule has 0 aliphatic heterocycles. The second-order valence-electron chi connectivity index (χ2n) is 7.14. The fourth-order valence-electron chi connectivity index (χ4n) is 4.09. The zero-order valence-electron chi connectivity index (χ0n) is 15.1. The Kier molecular flexibility index (Phi) is 5.19. The van der Waals surface area contributed by atoms with Crippen LogP contribution in [0, 0.1) is 0 Å². The summed E-state index contributed by atoms with van der Waals surface area (Å²) in [5.74, 6) is -0.0923. The van der Waals surface area contributed by atoms with Crippen LogP contribution in [-0.2, 0) is 42.1 Å². The number of thiazole rings is 1. The highest BCUT2D eigenvalue weighted by atomic mass is 32.2. The summed E-state index contributed by atoms with van der Waals surface area (Å²) in [6.07, 6.45) is 8.87. The van der Waals surface area contributed by atoms with Crippen molar-refractivity contribution < 1.29 is 13.2 Å². The van der Waals surface area contributed by atoms with E-state index in [0.29, 0.717) is 12.8 Å². The Balaban J connectivity index is 1.41. The molecule has 2 aliphatic rings. The Labute approximate surface area is 163 Å². The van der Waals surface area contributed by atoms with Crippen LogP contribution >= 0.6 is 11.3 Å². The maximum Gasteiger partial charge on any atom is 0.332 e. The predicted octanol–water partition coefficient (Wildman–Crippen LogP) is 3.20. The Hall–Kier alpha value is -1.93. The van der Waals surface area contributed by atoms with Crippen molar-refractivity contribution in [3.8, 4) is 0 Å². The third-order valence-corrected chi connectivity index (χ3v) is 7.41. The average molecular weight is 406 g/mol. The van der Waals surface area contributed by atoms with E-state index in [1.54, 1.807) is 6.20 Å². The van der Waals surface area contributed by atoms with Crippen LogP contribution < -0.4 is 10.0 Å². The molecule has 0 atom stereocenters. The van der Waals surface area contributed by atoms with Gasteiger partial charge in [-0.2, -0.15) is 0 Å². The van der Waals surface area contributed by atoms with Crippen molar-refractivity contribution in [2.75, 3.05) is 11.1 Å². The maximum absolute atomic E-state index is 12.4. The predicted molar refractivity (Wildman–Crippen MR) is 107 cm³/mol. The number of nitrogens with one attached hydrogen (secondary N) is 2. The van der Waals surface area contributed by atoms with E-state index in [1.165, 1.54) is 33.6 Å². The topological polar surface area (TPSA) is 88.2 Å². The van der Waals surface area contributed by atoms with Crippen LogP contribution in [0.5, 0.6) is 0 Å². The Bertz CT molecular complexity index is 921. The molecule has 2 N–H and O–H groups in total. The number of sulfonamides is 1. The van der Waals surface area contributed by atoms with Crippen molar-refractivity contribution in [1.29, 1.82) is 0 Å². The van der Waals surface area contributed by atoms with Gasteiger partial charge in [0, 0.05) is 23.7 Å². The Morgan fingerprint density at radius 3 is 2.44 bits per heavy atom. The lowest BCUT2D eigenvalue weighted by Gasteiger charge is -2.16. The molecule has 1 heterocycles. The molecule has 144 valence electrons. The number of aryl methyl sites for hydroxylation is 3. The van der Waals surface area contributed by atoms with E-state index in [4.69, 9.17) is 0 Å². The van der Waals surface area contributed by atoms with Crippen LogP contribution in [0.2, 0.25) is 0 Å². The number of aromatic nitrogens is 1. The molecule has 6 nitrogen and oxygen atoms in total. The van der Waals surface area contributed by atoms with E-state index in [9.17, 15) is 13.2 Å². The third-order valence-electron chi connectivity index (χ3n) is 5.25. The molecular weight excluding hydrogens is 382 g/mol. The number of fused-ring (bicyclic) bond motifs is 2. The summed E-state index contributed by atoms with van der Waals surface area (Å²) in [5.41, 5.74) is 5.83. The molecule has 2 aromatic rings. The van der Waals surface area contributed by atoms with Crippen molar-refractivity contribution in [2.24, 2.45) is 0 Å². The molecule has 2 aliphatic carbocycles. The summed E-state index contributed by atoms with van der Waals surface area (Å²) in [4.78, 5) is 16.6. The highest BCUT2D eigenvalue weighted by Gasteiger charge is 2.25. The van der Waals surface area contributed by atoms with Crippen LogP contribution in [0.1, 0.15) is 46.5 Å². The molecule has 0 spiro atoms. The van der Waals surface area contributed by atoms with Crippen molar-refractivity contribution in [3.05, 3.63) is 44.9 Å². The SMILES string of the molecule is O=C(Nc1c2c(cc3c1CCC3)CCC2)NS(=O)(=O)CCCc1nccs1. The fourth-order valence-corrected chi connectivity index (χ4v) is 5.71. The fraction of sp³-hybridized carbons (Fsp3) is 0.474. The van der Waals surface area contributed by atoms with Crippen molar-refractivity contribution in [2.45, 2.75) is 51.4 Å². The largest absolute Gasteiger partial charge is 0.332 e. The number of carbonyl (C=O) groups is 1. The number of hydrogen-bond donors (Lipinski definition) is 2. The first kappa shape index (κ1) is 18.4. The van der Waals surface area contributed by atoms with Crippen LogP contribution in [0.3, 0.4) is 0 Å². The van der Waals surface area contributed by atoms with E-state index in [2.05, 4.69) is 21.1 Å². The number of carbonyl (C=O) groups excluding carboxylic acids is 1. The molecule has 1 aromatic carbocycles. The van der Waals surface area contributed by atoms with Gasteiger partial charge in [-0.05, 0) is 67.2 Å². The number of rotatable bonds is 6. The minimum atomic E-state index is -3.67. The Morgan fingerprint density at radius 2 is 1.81 bits per heavy atom. The summed E-state index contributed by atoms with van der Waals surface area (Å²) in [6, 6.07) is 1.63. The molecule has 0 saturated heterocycles. The molecule has 2 amide bonds. The minimum absolute atomic E-state index is 0.0923. The minimum Gasteiger partial charge on any atom is -0.307 e. The van der Waals surface area contributed by atoms with Gasteiger partial charge in [0.2, 0.25) is 10.0 Å². The van der Waals surface area contributed by atoms with E-state index in [0.717, 1.165) is 49.2 Å². The highest BCUT2D eigenvalue weighted by Crippen LogP contribution is 2.38. The first-order valence-corrected chi connectivity index (χ1v) is 11.9. The molecule has 0 radical (unpaired) electrons. The van der Waals surface area contributed by atoms with Crippen molar-refractivity contribution >= 4 is 33.1 Å². The van der Waals surface area contributed by atoms with Gasteiger partial charge in [0.15, 0.2) is 0 Å². The normalized spacial score (nSPS) is 15.4. The van der Waals surface area contributed by atoms with Crippen LogP contribution in [0.15, 0.2) is 17.6 Å². The number of urea groups is 1. The summed E-state index contributed by atoms with van der Waals surface area (Å²) in [5, 5.41) is 5.64. The first-order chi connectivity index (χ1) is 13.0. The van der Waals surface area contributed by atoms with Gasteiger partial charge in [-0.3, -0.25) is 0 Å². The second kappa shape index (κ2) is 7.59. The van der Waals surface area contributed by atoms with Gasteiger partial charge in [0.25, 0.3) is 0 Å². The number of benzene rings is 1. The summed E-state index contributed by atoms with van der Waals surface area (Å²) in [7, 11) is -3.67. The molecule has 0 fully saturated rings. The van der Waals surface area contributed by atoms with Gasteiger partial charge in [0.05, 0.1) is 10.8 Å². The van der Waals surface area contributed by atoms with Gasteiger partial charge >= 0.3 is 6.03 Å². The lowest BCUT2D eigenvalue weighted by Crippen LogP contribution is -2.36. The molecule has 1 aromatic heterocycles. The van der Waals surface area contributed by atoms with E-state index < -0.39 is 16.1 Å². The molecule has 0 bridgehead atoms. The quantitative estimate of drug-likeness (QED) is 0.772. The maximum atomic E-state index is 12.4. The van der Waals surface area contributed by atoms with E-state index in [-0.39, 0.29) is 5.75 Å². The lowest BCUT2D eigenvalue weighted by molar-refractivity contribution is 0.256. The summed E-state index contributed by atoms with van der Waals surface area (Å²) < 4.78 is 26.6. The summed E-state index contributed by atoms with van der Waals surface area (Å²) >= 11 is 1.51. The number of nitrogens with zero attached hydrogens (tertiary/aromatic N) is 1. The zero-order valence-corrected chi connectivity index (χ0v) is 16.7. The molecule has 4 rings (SSSR count). The number of amides is 2. The van der Waals surface area contributed by atoms with E-state index >= 15 is 0 Å². The monoisotopic (exact) mass is 405 g/mol. The van der Waals surface area contributed by atoms with Crippen molar-refractivity contribution in [3.63, 3.8) is 0 Å². The standard InChI is InChI=1S/C19H23N3O3S2/c23-19(22-27(24,25)11-3-8-17-20-9-10-26-17)21-18-15-6-1-4-13(15)12-14-5-2-7-16(14)18/h9-10,12H,1-8,11H2,(H2,21,22,23). The van der Waals surface area contributed by atoms with Gasteiger partial charge < -0.3 is 5.32 Å². The highest BCUT2D eigenvalue weighted by molar-refractivity contribution is 7.90. The molecule has 0 unspecified atom stereocenters. The summed E-state index contributed by atoms with van der Waals surface area (Å²) in [6.45, 7) is 0. The van der Waals surface area contributed by atoms with E-state index in [1.807, 2.05) is 5.38 Å². The van der Waals surface area contributed by atoms with Gasteiger partial charge in [-0.25, -0.2) is 22.9 Å². The van der Waals surface area contributed by atoms with Gasteiger partial charge in [-0.1, -0.05) is 6.07 Å². The molecular formula is C19H23N3O3S2. The Morgan fingerprint density at radius 1 is 1.11 bits per heavy atom. The first-order valence-electron chi connectivity index (χ1n) is 9.38. The smallest absolute Gasteiger partial charge is 0.307 e. The van der Waals surface area contributed by atoms with Gasteiger partial charge in [0.1, 0.15) is 0 Å². The van der Waals surface area contributed by atoms with Crippen LogP contribution in [-0.4, -0.2) is 25.2 Å². The molecule has 27 heavy (non-hydrogen) atoms. The lowest BCUT2D eigenvalue weighted by atomic mass is 9.99. The number of anilines is 1. The van der Waals surface area contributed by atoms with Gasteiger partial charge in [-0.15, -0.1) is 11.3 Å². The van der Waals surface area contributed by atoms with Crippen LogP contribution in [0.25, 0.3) is 0 Å². The number of hydrogen-bond acceptors (Lipinski definition) is 5. The average Bonchev–Trinajstić information content (AvgIpc) is 3.34. The third kappa shape index (κ3) is 4.16. The van der Waals surface area contributed by atoms with Crippen LogP contribution in [0.4, 0.5) is 10.5 Å². The zero-order chi connectivity index (χ0) is 18.9.